The summed E-state index contributed by atoms with van der Waals surface area (Å²) in [5.41, 5.74) is 2.74. The van der Waals surface area contributed by atoms with Crippen molar-refractivity contribution < 1.29 is 0 Å². The van der Waals surface area contributed by atoms with E-state index in [-0.39, 0.29) is 5.56 Å². The quantitative estimate of drug-likeness (QED) is 0.592. The summed E-state index contributed by atoms with van der Waals surface area (Å²) in [5.74, 6) is 0. The van der Waals surface area contributed by atoms with Crippen LogP contribution < -0.4 is 5.56 Å². The molecule has 0 spiro atoms. The lowest BCUT2D eigenvalue weighted by molar-refractivity contribution is 0.817. The van der Waals surface area contributed by atoms with E-state index in [0.717, 1.165) is 16.9 Å². The van der Waals surface area contributed by atoms with Gasteiger partial charge >= 0.3 is 0 Å². The zero-order valence-corrected chi connectivity index (χ0v) is 7.90. The van der Waals surface area contributed by atoms with Crippen molar-refractivity contribution in [2.45, 2.75) is 13.8 Å². The second-order valence-electron chi connectivity index (χ2n) is 3.21. The van der Waals surface area contributed by atoms with Crippen molar-refractivity contribution in [2.24, 2.45) is 7.05 Å². The van der Waals surface area contributed by atoms with Crippen molar-refractivity contribution in [3.63, 3.8) is 0 Å². The number of aryl methyl sites for hydroxylation is 3. The molecule has 0 fully saturated rings. The summed E-state index contributed by atoms with van der Waals surface area (Å²) in [6.07, 6.45) is 1.76. The van der Waals surface area contributed by atoms with Gasteiger partial charge in [-0.15, -0.1) is 0 Å². The third kappa shape index (κ3) is 0.983. The van der Waals surface area contributed by atoms with Crippen LogP contribution in [-0.2, 0) is 7.05 Å². The topological polar surface area (TPSA) is 39.3 Å². The van der Waals surface area contributed by atoms with Crippen LogP contribution >= 0.6 is 0 Å². The number of hydrogen-bond donors (Lipinski definition) is 0. The second kappa shape index (κ2) is 2.45. The highest BCUT2D eigenvalue weighted by Crippen LogP contribution is 2.10. The summed E-state index contributed by atoms with van der Waals surface area (Å²) in [4.78, 5) is 11.4. The van der Waals surface area contributed by atoms with Crippen molar-refractivity contribution >= 4 is 5.65 Å². The Morgan fingerprint density at radius 2 is 2.08 bits per heavy atom. The normalized spacial score (nSPS) is 11.0. The highest BCUT2D eigenvalue weighted by atomic mass is 16.1. The first-order chi connectivity index (χ1) is 6.11. The predicted molar refractivity (Wildman–Crippen MR) is 49.9 cm³/mol. The fourth-order valence-corrected chi connectivity index (χ4v) is 1.48. The third-order valence-corrected chi connectivity index (χ3v) is 2.31. The predicted octanol–water partition coefficient (Wildman–Crippen LogP) is 0.650. The summed E-state index contributed by atoms with van der Waals surface area (Å²) in [6, 6.07) is 1.51. The van der Waals surface area contributed by atoms with Crippen LogP contribution in [-0.4, -0.2) is 14.2 Å². The van der Waals surface area contributed by atoms with Crippen LogP contribution in [0.2, 0.25) is 0 Å². The van der Waals surface area contributed by atoms with Gasteiger partial charge in [-0.05, 0) is 13.8 Å². The molecule has 0 saturated carbocycles. The Labute approximate surface area is 75.4 Å². The molecule has 2 aromatic heterocycles. The highest BCUT2D eigenvalue weighted by molar-refractivity contribution is 5.49. The summed E-state index contributed by atoms with van der Waals surface area (Å²) in [7, 11) is 1.91. The first-order valence-electron chi connectivity index (χ1n) is 4.13. The van der Waals surface area contributed by atoms with Crippen LogP contribution in [0, 0.1) is 13.8 Å². The molecule has 0 atom stereocenters. The minimum atomic E-state index is -0.0794. The van der Waals surface area contributed by atoms with Crippen LogP contribution in [0.15, 0.2) is 17.1 Å². The van der Waals surface area contributed by atoms with Crippen molar-refractivity contribution in [3.05, 3.63) is 33.9 Å². The maximum absolute atomic E-state index is 11.4. The molecule has 0 unspecified atom stereocenters. The van der Waals surface area contributed by atoms with Crippen LogP contribution in [0.3, 0.4) is 0 Å². The average Bonchev–Trinajstić information content (AvgIpc) is 2.38. The Bertz CT molecular complexity index is 521. The van der Waals surface area contributed by atoms with Gasteiger partial charge < -0.3 is 4.57 Å². The number of rotatable bonds is 0. The molecular formula is C9H11N3O. The minimum Gasteiger partial charge on any atom is -0.335 e. The molecule has 4 nitrogen and oxygen atoms in total. The van der Waals surface area contributed by atoms with Gasteiger partial charge in [-0.25, -0.2) is 0 Å². The standard InChI is InChI=1S/C9H11N3O/c1-6-7(2)10-12-8(13)4-5-11(3)9(6)12/h4-5H,1-3H3. The molecule has 0 saturated heterocycles. The number of aromatic nitrogens is 3. The molecule has 0 bridgehead atoms. The van der Waals surface area contributed by atoms with Crippen molar-refractivity contribution in [1.29, 1.82) is 0 Å². The van der Waals surface area contributed by atoms with Gasteiger partial charge in [0.05, 0.1) is 5.69 Å². The molecule has 0 radical (unpaired) electrons. The Balaban J connectivity index is 3.09. The minimum absolute atomic E-state index is 0.0794. The van der Waals surface area contributed by atoms with Gasteiger partial charge in [-0.1, -0.05) is 0 Å². The Kier molecular flexibility index (Phi) is 1.52. The van der Waals surface area contributed by atoms with E-state index < -0.39 is 0 Å². The third-order valence-electron chi connectivity index (χ3n) is 2.31. The number of nitrogens with zero attached hydrogens (tertiary/aromatic N) is 3. The van der Waals surface area contributed by atoms with E-state index in [0.29, 0.717) is 0 Å². The molecule has 2 aromatic rings. The van der Waals surface area contributed by atoms with Crippen LogP contribution in [0.4, 0.5) is 0 Å². The Morgan fingerprint density at radius 3 is 2.69 bits per heavy atom. The maximum Gasteiger partial charge on any atom is 0.274 e. The summed E-state index contributed by atoms with van der Waals surface area (Å²) >= 11 is 0. The first kappa shape index (κ1) is 8.04. The lowest BCUT2D eigenvalue weighted by atomic mass is 10.3. The molecule has 0 aliphatic heterocycles. The van der Waals surface area contributed by atoms with E-state index in [4.69, 9.17) is 0 Å². The van der Waals surface area contributed by atoms with E-state index in [9.17, 15) is 4.79 Å². The van der Waals surface area contributed by atoms with Crippen LogP contribution in [0.25, 0.3) is 5.65 Å². The van der Waals surface area contributed by atoms with Crippen LogP contribution in [0.1, 0.15) is 11.3 Å². The first-order valence-corrected chi connectivity index (χ1v) is 4.13. The number of hydrogen-bond acceptors (Lipinski definition) is 2. The molecule has 0 aliphatic rings. The van der Waals surface area contributed by atoms with Crippen molar-refractivity contribution in [1.82, 2.24) is 14.2 Å². The average molecular weight is 177 g/mol. The molecule has 2 heterocycles. The lowest BCUT2D eigenvalue weighted by Gasteiger charge is -2.00. The van der Waals surface area contributed by atoms with Gasteiger partial charge in [0.25, 0.3) is 5.56 Å². The van der Waals surface area contributed by atoms with Crippen molar-refractivity contribution in [2.75, 3.05) is 0 Å². The SMILES string of the molecule is Cc1nn2c(=O)ccn(C)c2c1C. The van der Waals surface area contributed by atoms with E-state index in [1.54, 1.807) is 6.20 Å². The zero-order valence-electron chi connectivity index (χ0n) is 7.90. The van der Waals surface area contributed by atoms with E-state index >= 15 is 0 Å². The largest absolute Gasteiger partial charge is 0.335 e. The van der Waals surface area contributed by atoms with E-state index in [1.807, 2.05) is 25.5 Å². The molecule has 2 rings (SSSR count). The van der Waals surface area contributed by atoms with Gasteiger partial charge in [0.15, 0.2) is 0 Å². The van der Waals surface area contributed by atoms with Gasteiger partial charge in [0.1, 0.15) is 5.65 Å². The zero-order chi connectivity index (χ0) is 9.59. The molecule has 68 valence electrons. The molecular weight excluding hydrogens is 166 g/mol. The monoisotopic (exact) mass is 177 g/mol. The molecule has 0 aromatic carbocycles. The van der Waals surface area contributed by atoms with Gasteiger partial charge in [-0.2, -0.15) is 9.61 Å². The highest BCUT2D eigenvalue weighted by Gasteiger charge is 2.07. The fourth-order valence-electron chi connectivity index (χ4n) is 1.48. The van der Waals surface area contributed by atoms with Crippen molar-refractivity contribution in [3.8, 4) is 0 Å². The second-order valence-corrected chi connectivity index (χ2v) is 3.21. The molecule has 0 N–H and O–H groups in total. The number of fused-ring (bicyclic) bond motifs is 1. The Hall–Kier alpha value is -1.58. The molecule has 4 heteroatoms. The molecule has 13 heavy (non-hydrogen) atoms. The van der Waals surface area contributed by atoms with E-state index in [2.05, 4.69) is 5.10 Å². The summed E-state index contributed by atoms with van der Waals surface area (Å²) in [5, 5.41) is 4.16. The van der Waals surface area contributed by atoms with Gasteiger partial charge in [0, 0.05) is 24.9 Å². The summed E-state index contributed by atoms with van der Waals surface area (Å²) in [6.45, 7) is 3.87. The molecule has 0 aliphatic carbocycles. The lowest BCUT2D eigenvalue weighted by Crippen LogP contribution is -2.15. The molecule has 0 amide bonds. The van der Waals surface area contributed by atoms with Gasteiger partial charge in [-0.3, -0.25) is 4.79 Å². The fraction of sp³-hybridized carbons (Fsp3) is 0.333. The summed E-state index contributed by atoms with van der Waals surface area (Å²) < 4.78 is 3.33. The van der Waals surface area contributed by atoms with E-state index in [1.165, 1.54) is 10.6 Å². The van der Waals surface area contributed by atoms with Crippen LogP contribution in [0.5, 0.6) is 0 Å². The maximum atomic E-state index is 11.4. The smallest absolute Gasteiger partial charge is 0.274 e. The van der Waals surface area contributed by atoms with Gasteiger partial charge in [0.2, 0.25) is 0 Å². The Morgan fingerprint density at radius 1 is 1.38 bits per heavy atom.